The minimum atomic E-state index is -3.57. The number of carbonyl (C=O) groups excluding carboxylic acids is 1. The maximum Gasteiger partial charge on any atom is 0.243 e. The number of sulfonamides is 1. The van der Waals surface area contributed by atoms with Gasteiger partial charge in [0.25, 0.3) is 0 Å². The Kier molecular flexibility index (Phi) is 9.13. The molecule has 1 amide bonds. The summed E-state index contributed by atoms with van der Waals surface area (Å²) in [4.78, 5) is 12.7. The van der Waals surface area contributed by atoms with Gasteiger partial charge in [-0.15, -0.1) is 0 Å². The topological polar surface area (TPSA) is 75.7 Å². The Bertz CT molecular complexity index is 1020. The second-order valence-electron chi connectivity index (χ2n) is 7.43. The number of hydrogen-bond donors (Lipinski definition) is 1. The van der Waals surface area contributed by atoms with Gasteiger partial charge in [0.05, 0.1) is 12.0 Å². The summed E-state index contributed by atoms with van der Waals surface area (Å²) in [5.74, 6) is 1.92. The Balaban J connectivity index is 1.40. The minimum Gasteiger partial charge on any atom is -0.497 e. The monoisotopic (exact) mass is 516 g/mol. The van der Waals surface area contributed by atoms with Crippen molar-refractivity contribution in [1.29, 1.82) is 0 Å². The van der Waals surface area contributed by atoms with E-state index in [4.69, 9.17) is 27.9 Å². The third-order valence-corrected chi connectivity index (χ3v) is 8.85. The lowest BCUT2D eigenvalue weighted by atomic mass is 9.97. The fourth-order valence-electron chi connectivity index (χ4n) is 3.47. The van der Waals surface area contributed by atoms with Crippen molar-refractivity contribution < 1.29 is 17.9 Å². The summed E-state index contributed by atoms with van der Waals surface area (Å²) < 4.78 is 32.2. The molecule has 0 bridgehead atoms. The molecule has 1 fully saturated rings. The highest BCUT2D eigenvalue weighted by atomic mass is 35.5. The lowest BCUT2D eigenvalue weighted by Crippen LogP contribution is -2.43. The highest BCUT2D eigenvalue weighted by molar-refractivity contribution is 7.98. The number of halogens is 2. The minimum absolute atomic E-state index is 0.0170. The highest BCUT2D eigenvalue weighted by Crippen LogP contribution is 2.26. The number of carbonyl (C=O) groups is 1. The SMILES string of the molecule is COc1ccc(S(=O)(=O)N2CCC(C(=O)NCCSCc3ccc(Cl)cc3Cl)CC2)cc1. The molecular weight excluding hydrogens is 491 g/mol. The van der Waals surface area contributed by atoms with Crippen LogP contribution in [0, 0.1) is 5.92 Å². The molecule has 0 saturated carbocycles. The number of thioether (sulfide) groups is 1. The average molecular weight is 518 g/mol. The van der Waals surface area contributed by atoms with E-state index in [1.165, 1.54) is 11.4 Å². The normalized spacial score (nSPS) is 15.5. The van der Waals surface area contributed by atoms with Gasteiger partial charge in [0.1, 0.15) is 5.75 Å². The summed E-state index contributed by atoms with van der Waals surface area (Å²) in [6.45, 7) is 1.21. The number of rotatable bonds is 9. The van der Waals surface area contributed by atoms with Crippen LogP contribution in [0.5, 0.6) is 5.75 Å². The van der Waals surface area contributed by atoms with Gasteiger partial charge in [0.2, 0.25) is 15.9 Å². The van der Waals surface area contributed by atoms with Gasteiger partial charge < -0.3 is 10.1 Å². The van der Waals surface area contributed by atoms with Gasteiger partial charge in [-0.2, -0.15) is 16.1 Å². The Morgan fingerprint density at radius 3 is 2.47 bits per heavy atom. The fraction of sp³-hybridized carbons (Fsp3) is 0.409. The number of nitrogens with zero attached hydrogens (tertiary/aromatic N) is 1. The molecule has 32 heavy (non-hydrogen) atoms. The predicted molar refractivity (Wildman–Crippen MR) is 130 cm³/mol. The average Bonchev–Trinajstić information content (AvgIpc) is 2.80. The summed E-state index contributed by atoms with van der Waals surface area (Å²) >= 11 is 13.8. The maximum absolute atomic E-state index is 12.8. The number of methoxy groups -OCH3 is 1. The highest BCUT2D eigenvalue weighted by Gasteiger charge is 2.32. The summed E-state index contributed by atoms with van der Waals surface area (Å²) in [5, 5.41) is 4.22. The molecule has 0 aromatic heterocycles. The number of ether oxygens (including phenoxy) is 1. The first-order valence-corrected chi connectivity index (χ1v) is 13.6. The molecule has 174 valence electrons. The zero-order chi connectivity index (χ0) is 23.1. The van der Waals surface area contributed by atoms with Crippen LogP contribution in [0.15, 0.2) is 47.4 Å². The van der Waals surface area contributed by atoms with Crippen molar-refractivity contribution in [3.63, 3.8) is 0 Å². The van der Waals surface area contributed by atoms with E-state index in [0.717, 1.165) is 17.1 Å². The zero-order valence-corrected chi connectivity index (χ0v) is 20.9. The van der Waals surface area contributed by atoms with E-state index in [0.29, 0.717) is 48.3 Å². The van der Waals surface area contributed by atoms with Gasteiger partial charge in [0, 0.05) is 47.1 Å². The fourth-order valence-corrected chi connectivity index (χ4v) is 6.35. The first-order valence-electron chi connectivity index (χ1n) is 10.2. The van der Waals surface area contributed by atoms with Crippen molar-refractivity contribution in [3.8, 4) is 5.75 Å². The standard InChI is InChI=1S/C22H26Cl2N2O4S2/c1-30-19-4-6-20(7-5-19)32(28,29)26-11-8-16(9-12-26)22(27)25-10-13-31-15-17-2-3-18(23)14-21(17)24/h2-7,14,16H,8-13,15H2,1H3,(H,25,27). The maximum atomic E-state index is 12.8. The van der Waals surface area contributed by atoms with Crippen molar-refractivity contribution in [2.75, 3.05) is 32.5 Å². The Hall–Kier alpha value is -1.45. The molecule has 0 spiro atoms. The summed E-state index contributed by atoms with van der Waals surface area (Å²) in [5.41, 5.74) is 1.01. The molecule has 2 aromatic carbocycles. The van der Waals surface area contributed by atoms with E-state index in [1.54, 1.807) is 42.1 Å². The Morgan fingerprint density at radius 2 is 1.84 bits per heavy atom. The van der Waals surface area contributed by atoms with Crippen LogP contribution in [0.1, 0.15) is 18.4 Å². The Morgan fingerprint density at radius 1 is 1.16 bits per heavy atom. The van der Waals surface area contributed by atoms with Crippen LogP contribution in [0.4, 0.5) is 0 Å². The summed E-state index contributed by atoms with van der Waals surface area (Å²) in [7, 11) is -2.03. The van der Waals surface area contributed by atoms with Crippen LogP contribution >= 0.6 is 35.0 Å². The Labute approximate surface area is 203 Å². The number of piperidine rings is 1. The van der Waals surface area contributed by atoms with Gasteiger partial charge in [-0.3, -0.25) is 4.79 Å². The molecule has 6 nitrogen and oxygen atoms in total. The molecule has 0 aliphatic carbocycles. The van der Waals surface area contributed by atoms with Crippen molar-refractivity contribution in [1.82, 2.24) is 9.62 Å². The van der Waals surface area contributed by atoms with Crippen LogP contribution < -0.4 is 10.1 Å². The van der Waals surface area contributed by atoms with Gasteiger partial charge in [-0.05, 0) is 54.8 Å². The molecule has 1 aliphatic heterocycles. The molecule has 0 unspecified atom stereocenters. The summed E-state index contributed by atoms with van der Waals surface area (Å²) in [6, 6.07) is 11.8. The molecule has 3 rings (SSSR count). The molecule has 0 radical (unpaired) electrons. The smallest absolute Gasteiger partial charge is 0.243 e. The van der Waals surface area contributed by atoms with E-state index in [1.807, 2.05) is 12.1 Å². The third kappa shape index (κ3) is 6.54. The van der Waals surface area contributed by atoms with Crippen molar-refractivity contribution in [2.24, 2.45) is 5.92 Å². The van der Waals surface area contributed by atoms with Crippen LogP contribution in [0.2, 0.25) is 10.0 Å². The van der Waals surface area contributed by atoms with Crippen molar-refractivity contribution in [3.05, 3.63) is 58.1 Å². The van der Waals surface area contributed by atoms with E-state index in [2.05, 4.69) is 5.32 Å². The number of nitrogens with one attached hydrogen (secondary N) is 1. The zero-order valence-electron chi connectivity index (χ0n) is 17.7. The molecule has 1 saturated heterocycles. The van der Waals surface area contributed by atoms with Crippen molar-refractivity contribution in [2.45, 2.75) is 23.5 Å². The number of hydrogen-bond acceptors (Lipinski definition) is 5. The molecule has 1 N–H and O–H groups in total. The second kappa shape index (κ2) is 11.6. The lowest BCUT2D eigenvalue weighted by Gasteiger charge is -2.30. The first kappa shape index (κ1) is 25.2. The number of amides is 1. The molecule has 1 heterocycles. The molecule has 0 atom stereocenters. The van der Waals surface area contributed by atoms with Crippen LogP contribution in [0.3, 0.4) is 0 Å². The predicted octanol–water partition coefficient (Wildman–Crippen LogP) is 4.45. The van der Waals surface area contributed by atoms with Crippen LogP contribution in [0.25, 0.3) is 0 Å². The third-order valence-electron chi connectivity index (χ3n) is 5.34. The molecular formula is C22H26Cl2N2O4S2. The lowest BCUT2D eigenvalue weighted by molar-refractivity contribution is -0.125. The van der Waals surface area contributed by atoms with E-state index in [-0.39, 0.29) is 16.7 Å². The first-order chi connectivity index (χ1) is 15.3. The number of benzene rings is 2. The quantitative estimate of drug-likeness (QED) is 0.498. The van der Waals surface area contributed by atoms with E-state index < -0.39 is 10.0 Å². The molecule has 2 aromatic rings. The second-order valence-corrected chi connectivity index (χ2v) is 11.3. The van der Waals surface area contributed by atoms with Gasteiger partial charge in [0.15, 0.2) is 0 Å². The summed E-state index contributed by atoms with van der Waals surface area (Å²) in [6.07, 6.45) is 1.02. The van der Waals surface area contributed by atoms with Gasteiger partial charge >= 0.3 is 0 Å². The largest absolute Gasteiger partial charge is 0.497 e. The van der Waals surface area contributed by atoms with Gasteiger partial charge in [-0.1, -0.05) is 29.3 Å². The van der Waals surface area contributed by atoms with Crippen molar-refractivity contribution >= 4 is 50.9 Å². The van der Waals surface area contributed by atoms with Crippen LogP contribution in [-0.4, -0.2) is 51.1 Å². The van der Waals surface area contributed by atoms with E-state index in [9.17, 15) is 13.2 Å². The van der Waals surface area contributed by atoms with Gasteiger partial charge in [-0.25, -0.2) is 8.42 Å². The van der Waals surface area contributed by atoms with E-state index >= 15 is 0 Å². The molecule has 10 heteroatoms. The molecule has 1 aliphatic rings. The van der Waals surface area contributed by atoms with Crippen LogP contribution in [-0.2, 0) is 20.6 Å².